The highest BCUT2D eigenvalue weighted by atomic mass is 35.5. The zero-order valence-electron chi connectivity index (χ0n) is 10.4. The molecule has 2 aromatic carbocycles. The van der Waals surface area contributed by atoms with Gasteiger partial charge in [-0.1, -0.05) is 35.9 Å². The molecule has 0 aliphatic rings. The average molecular weight is 300 g/mol. The maximum absolute atomic E-state index is 12.2. The molecule has 0 fully saturated rings. The quantitative estimate of drug-likeness (QED) is 0.863. The van der Waals surface area contributed by atoms with Crippen LogP contribution in [0.25, 0.3) is 10.8 Å². The van der Waals surface area contributed by atoms with E-state index in [1.165, 1.54) is 13.2 Å². The molecule has 0 heterocycles. The number of methoxy groups -OCH3 is 1. The molecule has 0 spiro atoms. The Hall–Kier alpha value is -1.14. The van der Waals surface area contributed by atoms with Gasteiger partial charge in [0.1, 0.15) is 0 Å². The van der Waals surface area contributed by atoms with E-state index in [0.717, 1.165) is 5.39 Å². The highest BCUT2D eigenvalue weighted by Crippen LogP contribution is 2.28. The second kappa shape index (κ2) is 5.88. The maximum Gasteiger partial charge on any atom is 0.241 e. The van der Waals surface area contributed by atoms with Crippen LogP contribution in [0.5, 0.6) is 0 Å². The predicted molar refractivity (Wildman–Crippen MR) is 76.0 cm³/mol. The molecule has 0 aliphatic heterocycles. The Morgan fingerprint density at radius 1 is 1.16 bits per heavy atom. The van der Waals surface area contributed by atoms with Crippen molar-refractivity contribution in [2.45, 2.75) is 4.90 Å². The van der Waals surface area contributed by atoms with Crippen molar-refractivity contribution >= 4 is 32.4 Å². The van der Waals surface area contributed by atoms with Crippen LogP contribution in [0.15, 0.2) is 41.3 Å². The first kappa shape index (κ1) is 14.3. The molecule has 6 heteroatoms. The molecular formula is C13H14ClNO3S. The number of hydrogen-bond acceptors (Lipinski definition) is 3. The zero-order valence-corrected chi connectivity index (χ0v) is 12.0. The first-order chi connectivity index (χ1) is 9.06. The summed E-state index contributed by atoms with van der Waals surface area (Å²) in [5, 5.41) is 1.87. The Bertz CT molecular complexity index is 685. The van der Waals surface area contributed by atoms with E-state index in [2.05, 4.69) is 4.72 Å². The number of rotatable bonds is 5. The van der Waals surface area contributed by atoms with Crippen molar-refractivity contribution in [1.82, 2.24) is 4.72 Å². The molecule has 102 valence electrons. The molecule has 2 aromatic rings. The fourth-order valence-corrected chi connectivity index (χ4v) is 3.27. The summed E-state index contributed by atoms with van der Waals surface area (Å²) in [4.78, 5) is 0.226. The van der Waals surface area contributed by atoms with Crippen LogP contribution in [0, 0.1) is 0 Å². The molecule has 19 heavy (non-hydrogen) atoms. The third-order valence-electron chi connectivity index (χ3n) is 2.72. The van der Waals surface area contributed by atoms with E-state index >= 15 is 0 Å². The molecule has 0 saturated carbocycles. The monoisotopic (exact) mass is 299 g/mol. The number of fused-ring (bicyclic) bond motifs is 1. The fraction of sp³-hybridized carbons (Fsp3) is 0.231. The number of benzene rings is 2. The molecule has 0 bridgehead atoms. The molecule has 0 atom stereocenters. The van der Waals surface area contributed by atoms with Gasteiger partial charge in [-0.3, -0.25) is 0 Å². The average Bonchev–Trinajstić information content (AvgIpc) is 2.39. The number of ether oxygens (including phenoxy) is 1. The van der Waals surface area contributed by atoms with Crippen LogP contribution < -0.4 is 4.72 Å². The van der Waals surface area contributed by atoms with E-state index in [9.17, 15) is 8.42 Å². The topological polar surface area (TPSA) is 55.4 Å². The Labute approximate surface area is 117 Å². The second-order valence-electron chi connectivity index (χ2n) is 3.98. The number of halogens is 1. The van der Waals surface area contributed by atoms with Gasteiger partial charge in [0.15, 0.2) is 0 Å². The lowest BCUT2D eigenvalue weighted by molar-refractivity contribution is 0.204. The standard InChI is InChI=1S/C13H14ClNO3S/c1-18-9-8-15-19(16,17)13-7-6-12(14)10-4-2-3-5-11(10)13/h2-7,15H,8-9H2,1H3. The number of hydrogen-bond donors (Lipinski definition) is 1. The highest BCUT2D eigenvalue weighted by molar-refractivity contribution is 7.89. The molecule has 0 aliphatic carbocycles. The molecule has 0 radical (unpaired) electrons. The molecule has 0 amide bonds. The lowest BCUT2D eigenvalue weighted by Crippen LogP contribution is -2.27. The smallest absolute Gasteiger partial charge is 0.241 e. The van der Waals surface area contributed by atoms with Gasteiger partial charge in [0.2, 0.25) is 10.0 Å². The van der Waals surface area contributed by atoms with Crippen molar-refractivity contribution in [2.75, 3.05) is 20.3 Å². The van der Waals surface area contributed by atoms with Gasteiger partial charge in [-0.15, -0.1) is 0 Å². The van der Waals surface area contributed by atoms with Gasteiger partial charge in [-0.2, -0.15) is 0 Å². The van der Waals surface area contributed by atoms with E-state index in [1.807, 2.05) is 6.07 Å². The zero-order chi connectivity index (χ0) is 13.9. The Morgan fingerprint density at radius 3 is 2.53 bits per heavy atom. The van der Waals surface area contributed by atoms with Crippen molar-refractivity contribution in [3.8, 4) is 0 Å². The molecular weight excluding hydrogens is 286 g/mol. The summed E-state index contributed by atoms with van der Waals surface area (Å²) in [5.41, 5.74) is 0. The molecule has 0 aromatic heterocycles. The fourth-order valence-electron chi connectivity index (χ4n) is 1.82. The first-order valence-electron chi connectivity index (χ1n) is 5.72. The Balaban J connectivity index is 2.48. The third-order valence-corrected chi connectivity index (χ3v) is 4.57. The van der Waals surface area contributed by atoms with Crippen LogP contribution >= 0.6 is 11.6 Å². The van der Waals surface area contributed by atoms with Crippen LogP contribution in [0.2, 0.25) is 5.02 Å². The molecule has 0 unspecified atom stereocenters. The Morgan fingerprint density at radius 2 is 1.84 bits per heavy atom. The van der Waals surface area contributed by atoms with Crippen molar-refractivity contribution in [3.05, 3.63) is 41.4 Å². The van der Waals surface area contributed by atoms with Crippen molar-refractivity contribution < 1.29 is 13.2 Å². The van der Waals surface area contributed by atoms with Crippen LogP contribution in [-0.4, -0.2) is 28.7 Å². The minimum Gasteiger partial charge on any atom is -0.383 e. The van der Waals surface area contributed by atoms with E-state index < -0.39 is 10.0 Å². The summed E-state index contributed by atoms with van der Waals surface area (Å²) in [7, 11) is -2.04. The SMILES string of the molecule is COCCNS(=O)(=O)c1ccc(Cl)c2ccccc12. The van der Waals surface area contributed by atoms with Gasteiger partial charge in [0, 0.05) is 29.4 Å². The van der Waals surface area contributed by atoms with Gasteiger partial charge in [-0.05, 0) is 12.1 Å². The lowest BCUT2D eigenvalue weighted by Gasteiger charge is -2.10. The van der Waals surface area contributed by atoms with Gasteiger partial charge in [0.05, 0.1) is 11.5 Å². The second-order valence-corrected chi connectivity index (χ2v) is 6.12. The molecule has 4 nitrogen and oxygen atoms in total. The largest absolute Gasteiger partial charge is 0.383 e. The van der Waals surface area contributed by atoms with Crippen molar-refractivity contribution in [2.24, 2.45) is 0 Å². The van der Waals surface area contributed by atoms with Crippen LogP contribution in [0.1, 0.15) is 0 Å². The van der Waals surface area contributed by atoms with E-state index in [-0.39, 0.29) is 11.4 Å². The van der Waals surface area contributed by atoms with Gasteiger partial charge in [-0.25, -0.2) is 13.1 Å². The minimum absolute atomic E-state index is 0.226. The van der Waals surface area contributed by atoms with Gasteiger partial charge < -0.3 is 4.74 Å². The van der Waals surface area contributed by atoms with E-state index in [0.29, 0.717) is 17.0 Å². The highest BCUT2D eigenvalue weighted by Gasteiger charge is 2.17. The Kier molecular flexibility index (Phi) is 4.42. The maximum atomic E-state index is 12.2. The normalized spacial score (nSPS) is 11.9. The number of nitrogens with one attached hydrogen (secondary N) is 1. The van der Waals surface area contributed by atoms with E-state index in [4.69, 9.17) is 16.3 Å². The molecule has 1 N–H and O–H groups in total. The van der Waals surface area contributed by atoms with E-state index in [1.54, 1.807) is 24.3 Å². The lowest BCUT2D eigenvalue weighted by atomic mass is 10.1. The van der Waals surface area contributed by atoms with Crippen LogP contribution in [0.4, 0.5) is 0 Å². The van der Waals surface area contributed by atoms with Crippen molar-refractivity contribution in [1.29, 1.82) is 0 Å². The predicted octanol–water partition coefficient (Wildman–Crippen LogP) is 2.42. The minimum atomic E-state index is -3.56. The molecule has 0 saturated heterocycles. The molecule has 2 rings (SSSR count). The van der Waals surface area contributed by atoms with Crippen LogP contribution in [0.3, 0.4) is 0 Å². The van der Waals surface area contributed by atoms with Gasteiger partial charge in [0.25, 0.3) is 0 Å². The van der Waals surface area contributed by atoms with Crippen molar-refractivity contribution in [3.63, 3.8) is 0 Å². The van der Waals surface area contributed by atoms with Gasteiger partial charge >= 0.3 is 0 Å². The van der Waals surface area contributed by atoms with Crippen LogP contribution in [-0.2, 0) is 14.8 Å². The summed E-state index contributed by atoms with van der Waals surface area (Å²) < 4.78 is 31.8. The third kappa shape index (κ3) is 3.06. The summed E-state index contributed by atoms with van der Waals surface area (Å²) >= 11 is 6.07. The first-order valence-corrected chi connectivity index (χ1v) is 7.58. The summed E-state index contributed by atoms with van der Waals surface area (Å²) in [6.07, 6.45) is 0. The number of sulfonamides is 1. The summed E-state index contributed by atoms with van der Waals surface area (Å²) in [6.45, 7) is 0.556. The summed E-state index contributed by atoms with van der Waals surface area (Å²) in [5.74, 6) is 0. The summed E-state index contributed by atoms with van der Waals surface area (Å²) in [6, 6.07) is 10.3.